The fraction of sp³-hybridized carbons (Fsp3) is 0.200. The number of fused-ring (bicyclic) bond motifs is 7. The first-order chi connectivity index (χ1) is 22.1. The van der Waals surface area contributed by atoms with Gasteiger partial charge in [-0.05, 0) is 0 Å². The third-order valence-electron chi connectivity index (χ3n) is 9.84. The van der Waals surface area contributed by atoms with E-state index in [1.165, 1.54) is 70.3 Å². The Morgan fingerprint density at radius 2 is 1.22 bits per heavy atom. The number of para-hydroxylation sites is 1. The van der Waals surface area contributed by atoms with Crippen molar-refractivity contribution in [2.75, 3.05) is 4.90 Å². The SMILES string of the molecule is CC(C)(C)c1ccc2c(c1)c1cc(C(C)(C)C)ccc1n2-c1cc2c3c(c1)N(c1ccccc1)c1cccn1B3n1cccc1[Se]2. The van der Waals surface area contributed by atoms with Crippen LogP contribution in [0.4, 0.5) is 17.2 Å². The van der Waals surface area contributed by atoms with E-state index in [1.807, 2.05) is 0 Å². The van der Waals surface area contributed by atoms with Crippen LogP contribution in [0.1, 0.15) is 52.7 Å². The van der Waals surface area contributed by atoms with E-state index < -0.39 is 0 Å². The minimum atomic E-state index is 0.0673. The molecule has 0 N–H and O–H groups in total. The van der Waals surface area contributed by atoms with Gasteiger partial charge >= 0.3 is 279 Å². The van der Waals surface area contributed by atoms with Gasteiger partial charge in [0.25, 0.3) is 0 Å². The number of aromatic nitrogens is 3. The molecule has 0 fully saturated rings. The van der Waals surface area contributed by atoms with Crippen molar-refractivity contribution in [1.82, 2.24) is 13.5 Å². The topological polar surface area (TPSA) is 18.0 Å². The van der Waals surface area contributed by atoms with Crippen LogP contribution in [0.3, 0.4) is 0 Å². The van der Waals surface area contributed by atoms with E-state index >= 15 is 0 Å². The van der Waals surface area contributed by atoms with Gasteiger partial charge in [-0.2, -0.15) is 0 Å². The van der Waals surface area contributed by atoms with Crippen LogP contribution < -0.4 is 19.4 Å². The van der Waals surface area contributed by atoms with Gasteiger partial charge in [0, 0.05) is 0 Å². The quantitative estimate of drug-likeness (QED) is 0.175. The van der Waals surface area contributed by atoms with Gasteiger partial charge in [0.05, 0.1) is 0 Å². The maximum absolute atomic E-state index is 2.52. The van der Waals surface area contributed by atoms with Crippen LogP contribution in [0, 0.1) is 0 Å². The zero-order valence-corrected chi connectivity index (χ0v) is 29.0. The summed E-state index contributed by atoms with van der Waals surface area (Å²) >= 11 is 0.171. The minimum absolute atomic E-state index is 0.0673. The molecule has 0 saturated heterocycles. The van der Waals surface area contributed by atoms with E-state index in [-0.39, 0.29) is 32.8 Å². The van der Waals surface area contributed by atoms with Gasteiger partial charge in [0.2, 0.25) is 0 Å². The molecule has 0 spiro atoms. The first-order valence-electron chi connectivity index (χ1n) is 16.2. The van der Waals surface area contributed by atoms with Crippen molar-refractivity contribution in [2.24, 2.45) is 0 Å². The Morgan fingerprint density at radius 1 is 0.587 bits per heavy atom. The van der Waals surface area contributed by atoms with Gasteiger partial charge in [-0.3, -0.25) is 0 Å². The molecule has 4 aromatic carbocycles. The van der Waals surface area contributed by atoms with E-state index in [4.69, 9.17) is 0 Å². The molecular formula is C40H37BN4Se. The predicted octanol–water partition coefficient (Wildman–Crippen LogP) is 7.53. The average molecular weight is 664 g/mol. The van der Waals surface area contributed by atoms with E-state index in [2.05, 4.69) is 175 Å². The third-order valence-corrected chi connectivity index (χ3v) is 12.2. The van der Waals surface area contributed by atoms with Crippen LogP contribution in [0.5, 0.6) is 0 Å². The fourth-order valence-electron chi connectivity index (χ4n) is 7.43. The van der Waals surface area contributed by atoms with Crippen molar-refractivity contribution in [1.29, 1.82) is 0 Å². The Hall–Kier alpha value is -4.38. The molecule has 7 aromatic rings. The molecule has 5 heterocycles. The first kappa shape index (κ1) is 27.9. The second kappa shape index (κ2) is 9.57. The Bertz CT molecular complexity index is 2260. The average Bonchev–Trinajstić information content (AvgIpc) is 3.77. The Balaban J connectivity index is 1.37. The van der Waals surface area contributed by atoms with Gasteiger partial charge in [-0.1, -0.05) is 0 Å². The number of rotatable bonds is 2. The zero-order chi connectivity index (χ0) is 31.5. The molecule has 0 bridgehead atoms. The summed E-state index contributed by atoms with van der Waals surface area (Å²) in [5.41, 5.74) is 10.5. The molecule has 0 radical (unpaired) electrons. The molecule has 2 aliphatic rings. The number of anilines is 3. The number of hydrogen-bond donors (Lipinski definition) is 0. The third kappa shape index (κ3) is 4.00. The molecule has 0 unspecified atom stereocenters. The van der Waals surface area contributed by atoms with Crippen LogP contribution in [0.2, 0.25) is 0 Å². The van der Waals surface area contributed by atoms with Gasteiger partial charge in [0.1, 0.15) is 0 Å². The summed E-state index contributed by atoms with van der Waals surface area (Å²) < 4.78 is 10.3. The summed E-state index contributed by atoms with van der Waals surface area (Å²) in [5.74, 6) is 1.19. The molecule has 4 nitrogen and oxygen atoms in total. The molecule has 6 heteroatoms. The Kier molecular flexibility index (Phi) is 5.81. The van der Waals surface area contributed by atoms with Gasteiger partial charge in [0.15, 0.2) is 0 Å². The van der Waals surface area contributed by atoms with E-state index in [0.717, 1.165) is 0 Å². The number of benzene rings is 4. The maximum atomic E-state index is 2.52. The summed E-state index contributed by atoms with van der Waals surface area (Å²) in [7, 11) is 0. The standard InChI is InChI=1S/C40H37BN4Se/c1-39(2,3)26-16-18-32-30(22-26)31-23-27(40(4,5)6)17-19-33(31)44(32)29-24-34-38-35(25-29)46-37-15-11-21-43(37)41(38)42-20-10-14-36(42)45(34)28-12-8-7-9-13-28/h7-25H,1-6H3. The van der Waals surface area contributed by atoms with Crippen molar-refractivity contribution in [3.05, 3.63) is 127 Å². The second-order valence-electron chi connectivity index (χ2n) is 14.9. The molecule has 0 atom stereocenters. The fourth-order valence-corrected chi connectivity index (χ4v) is 9.82. The van der Waals surface area contributed by atoms with E-state index in [1.54, 1.807) is 0 Å². The number of hydrogen-bond acceptors (Lipinski definition) is 1. The molecule has 0 aliphatic carbocycles. The van der Waals surface area contributed by atoms with Gasteiger partial charge < -0.3 is 0 Å². The van der Waals surface area contributed by atoms with Crippen LogP contribution in [-0.2, 0) is 10.8 Å². The predicted molar refractivity (Wildman–Crippen MR) is 196 cm³/mol. The summed E-state index contributed by atoms with van der Waals surface area (Å²) in [5, 5.41) is 2.65. The van der Waals surface area contributed by atoms with Crippen molar-refractivity contribution in [3.63, 3.8) is 0 Å². The summed E-state index contributed by atoms with van der Waals surface area (Å²) in [4.78, 5) is 2.46. The molecule has 0 amide bonds. The van der Waals surface area contributed by atoms with E-state index in [9.17, 15) is 0 Å². The van der Waals surface area contributed by atoms with Gasteiger partial charge in [-0.15, -0.1) is 0 Å². The molecule has 9 rings (SSSR count). The van der Waals surface area contributed by atoms with Crippen LogP contribution >= 0.6 is 0 Å². The zero-order valence-electron chi connectivity index (χ0n) is 27.2. The van der Waals surface area contributed by atoms with Crippen LogP contribution in [0.15, 0.2) is 116 Å². The molecule has 0 saturated carbocycles. The second-order valence-corrected chi connectivity index (χ2v) is 17.1. The van der Waals surface area contributed by atoms with Crippen molar-refractivity contribution >= 4 is 75.5 Å². The Labute approximate surface area is 277 Å². The first-order valence-corrected chi connectivity index (χ1v) is 17.9. The van der Waals surface area contributed by atoms with E-state index in [0.29, 0.717) is 0 Å². The summed E-state index contributed by atoms with van der Waals surface area (Å²) in [6.07, 6.45) is 4.50. The van der Waals surface area contributed by atoms with Crippen LogP contribution in [-0.4, -0.2) is 35.5 Å². The summed E-state index contributed by atoms with van der Waals surface area (Å²) in [6.45, 7) is 14.0. The molecule has 3 aromatic heterocycles. The molecule has 226 valence electrons. The van der Waals surface area contributed by atoms with Crippen molar-refractivity contribution in [2.45, 2.75) is 52.4 Å². The monoisotopic (exact) mass is 664 g/mol. The molecule has 2 aliphatic heterocycles. The summed E-state index contributed by atoms with van der Waals surface area (Å²) in [6, 6.07) is 39.0. The van der Waals surface area contributed by atoms with Crippen molar-refractivity contribution in [3.8, 4) is 5.69 Å². The van der Waals surface area contributed by atoms with Crippen LogP contribution in [0.25, 0.3) is 27.5 Å². The molecular weight excluding hydrogens is 626 g/mol. The number of nitrogens with zero attached hydrogens (tertiary/aromatic N) is 4. The molecule has 46 heavy (non-hydrogen) atoms. The Morgan fingerprint density at radius 3 is 1.87 bits per heavy atom. The van der Waals surface area contributed by atoms with Gasteiger partial charge in [-0.25, -0.2) is 0 Å². The van der Waals surface area contributed by atoms with Crippen molar-refractivity contribution < 1.29 is 0 Å². The normalized spacial score (nSPS) is 14.1.